The van der Waals surface area contributed by atoms with E-state index in [1.165, 1.54) is 18.2 Å². The van der Waals surface area contributed by atoms with Crippen LogP contribution in [0.2, 0.25) is 0 Å². The van der Waals surface area contributed by atoms with Crippen LogP contribution in [0.5, 0.6) is 0 Å². The topological polar surface area (TPSA) is 97.6 Å². The smallest absolute Gasteiger partial charge is 0.270 e. The highest BCUT2D eigenvalue weighted by Gasteiger charge is 2.37. The quantitative estimate of drug-likeness (QED) is 0.371. The Morgan fingerprint density at radius 2 is 1.79 bits per heavy atom. The number of hydrogen-bond acceptors (Lipinski definition) is 5. The maximum Gasteiger partial charge on any atom is 0.270 e. The number of rotatable bonds is 4. The molecule has 0 saturated heterocycles. The molecular formula is C16H9FN2O5. The number of nitrogens with zero attached hydrogens (tertiary/aromatic N) is 2. The lowest BCUT2D eigenvalue weighted by Crippen LogP contribution is -2.34. The number of benzene rings is 2. The van der Waals surface area contributed by atoms with E-state index in [-0.39, 0.29) is 22.4 Å². The number of nitro benzene ring substituents is 1. The average Bonchev–Trinajstić information content (AvgIpc) is 2.79. The molecule has 0 aromatic heterocycles. The van der Waals surface area contributed by atoms with Crippen LogP contribution < -0.4 is 0 Å². The summed E-state index contributed by atoms with van der Waals surface area (Å²) in [4.78, 5) is 47.4. The van der Waals surface area contributed by atoms with E-state index in [0.717, 1.165) is 24.3 Å². The summed E-state index contributed by atoms with van der Waals surface area (Å²) in [5, 5.41) is 10.8. The molecule has 7 nitrogen and oxygen atoms in total. The third-order valence-corrected chi connectivity index (χ3v) is 3.61. The molecule has 120 valence electrons. The Hall–Kier alpha value is -3.42. The van der Waals surface area contributed by atoms with E-state index in [4.69, 9.17) is 0 Å². The number of carbonyl (C=O) groups excluding carboxylic acids is 3. The Kier molecular flexibility index (Phi) is 3.64. The van der Waals surface area contributed by atoms with Crippen molar-refractivity contribution in [3.05, 3.63) is 75.1 Å². The van der Waals surface area contributed by atoms with Crippen molar-refractivity contribution in [2.75, 3.05) is 6.54 Å². The zero-order valence-corrected chi connectivity index (χ0v) is 12.1. The summed E-state index contributed by atoms with van der Waals surface area (Å²) < 4.78 is 13.2. The molecule has 1 aliphatic heterocycles. The number of carbonyl (C=O) groups is 3. The summed E-state index contributed by atoms with van der Waals surface area (Å²) in [7, 11) is 0. The molecule has 24 heavy (non-hydrogen) atoms. The molecule has 0 unspecified atom stereocenters. The number of amides is 2. The van der Waals surface area contributed by atoms with Crippen LogP contribution in [-0.4, -0.2) is 34.0 Å². The van der Waals surface area contributed by atoms with Crippen molar-refractivity contribution in [1.29, 1.82) is 0 Å². The van der Waals surface area contributed by atoms with E-state index in [2.05, 4.69) is 0 Å². The summed E-state index contributed by atoms with van der Waals surface area (Å²) in [5.41, 5.74) is -0.426. The van der Waals surface area contributed by atoms with Gasteiger partial charge in [0.15, 0.2) is 5.78 Å². The van der Waals surface area contributed by atoms with Gasteiger partial charge in [-0.3, -0.25) is 29.4 Å². The van der Waals surface area contributed by atoms with E-state index >= 15 is 0 Å². The van der Waals surface area contributed by atoms with Gasteiger partial charge >= 0.3 is 0 Å². The van der Waals surface area contributed by atoms with Gasteiger partial charge in [0.2, 0.25) is 0 Å². The molecule has 3 rings (SSSR count). The molecule has 0 radical (unpaired) electrons. The molecule has 0 bridgehead atoms. The largest absolute Gasteiger partial charge is 0.292 e. The van der Waals surface area contributed by atoms with Crippen LogP contribution >= 0.6 is 0 Å². The number of nitro groups is 1. The molecule has 2 aromatic carbocycles. The lowest BCUT2D eigenvalue weighted by Gasteiger charge is -2.12. The second-order valence-electron chi connectivity index (χ2n) is 5.12. The van der Waals surface area contributed by atoms with Gasteiger partial charge in [0.05, 0.1) is 22.6 Å². The number of non-ortho nitro benzene ring substituents is 1. The first-order valence-corrected chi connectivity index (χ1v) is 6.82. The molecule has 0 fully saturated rings. The van der Waals surface area contributed by atoms with Gasteiger partial charge in [-0.2, -0.15) is 0 Å². The molecule has 1 heterocycles. The highest BCUT2D eigenvalue weighted by atomic mass is 19.1. The van der Waals surface area contributed by atoms with E-state index in [0.29, 0.717) is 4.90 Å². The van der Waals surface area contributed by atoms with Gasteiger partial charge in [0.25, 0.3) is 17.5 Å². The van der Waals surface area contributed by atoms with E-state index in [1.807, 2.05) is 0 Å². The van der Waals surface area contributed by atoms with Crippen molar-refractivity contribution in [2.24, 2.45) is 0 Å². The zero-order valence-electron chi connectivity index (χ0n) is 12.1. The molecular weight excluding hydrogens is 319 g/mol. The maximum atomic E-state index is 13.2. The fourth-order valence-electron chi connectivity index (χ4n) is 2.43. The Morgan fingerprint density at radius 3 is 2.46 bits per heavy atom. The molecule has 0 N–H and O–H groups in total. The number of ketones is 1. The maximum absolute atomic E-state index is 13.2. The lowest BCUT2D eigenvalue weighted by molar-refractivity contribution is -0.384. The van der Waals surface area contributed by atoms with Gasteiger partial charge in [-0.05, 0) is 18.2 Å². The normalized spacial score (nSPS) is 13.1. The van der Waals surface area contributed by atoms with Gasteiger partial charge in [0, 0.05) is 17.7 Å². The fraction of sp³-hybridized carbons (Fsp3) is 0.0625. The monoisotopic (exact) mass is 328 g/mol. The number of halogens is 1. The minimum absolute atomic E-state index is 0.00218. The molecule has 2 aromatic rings. The minimum atomic E-state index is -0.788. The highest BCUT2D eigenvalue weighted by molar-refractivity contribution is 6.23. The average molecular weight is 328 g/mol. The molecule has 0 aliphatic carbocycles. The highest BCUT2D eigenvalue weighted by Crippen LogP contribution is 2.27. The van der Waals surface area contributed by atoms with E-state index in [9.17, 15) is 28.9 Å². The summed E-state index contributed by atoms with van der Waals surface area (Å²) in [6.07, 6.45) is 0. The third kappa shape index (κ3) is 2.54. The van der Waals surface area contributed by atoms with Crippen LogP contribution in [0.25, 0.3) is 0 Å². The van der Waals surface area contributed by atoms with Crippen molar-refractivity contribution >= 4 is 23.3 Å². The third-order valence-electron chi connectivity index (χ3n) is 3.61. The molecule has 1 aliphatic rings. The standard InChI is InChI=1S/C16H9FN2O5/c17-10-3-1-2-9(6-10)14(20)8-18-15(21)12-5-4-11(19(23)24)7-13(12)16(18)22/h1-7H,8H2. The summed E-state index contributed by atoms with van der Waals surface area (Å²) in [6, 6.07) is 8.18. The lowest BCUT2D eigenvalue weighted by atomic mass is 10.1. The predicted octanol–water partition coefficient (Wildman–Crippen LogP) is 2.21. The number of Topliss-reactive ketones (excluding diaryl/α,β-unsaturated/α-hetero) is 1. The van der Waals surface area contributed by atoms with Crippen molar-refractivity contribution in [1.82, 2.24) is 4.90 Å². The zero-order chi connectivity index (χ0) is 17.4. The van der Waals surface area contributed by atoms with E-state index in [1.54, 1.807) is 0 Å². The Bertz CT molecular complexity index is 909. The molecule has 0 spiro atoms. The fourth-order valence-corrected chi connectivity index (χ4v) is 2.43. The van der Waals surface area contributed by atoms with Gasteiger partial charge in [-0.15, -0.1) is 0 Å². The summed E-state index contributed by atoms with van der Waals surface area (Å²) in [5.74, 6) is -2.73. The number of hydrogen-bond donors (Lipinski definition) is 0. The number of fused-ring (bicyclic) bond motifs is 1. The first-order valence-electron chi connectivity index (χ1n) is 6.82. The van der Waals surface area contributed by atoms with Crippen molar-refractivity contribution in [3.63, 3.8) is 0 Å². The predicted molar refractivity (Wildman–Crippen MR) is 79.2 cm³/mol. The second kappa shape index (κ2) is 5.65. The van der Waals surface area contributed by atoms with Crippen LogP contribution in [0.1, 0.15) is 31.1 Å². The van der Waals surface area contributed by atoms with Crippen molar-refractivity contribution < 1.29 is 23.7 Å². The van der Waals surface area contributed by atoms with Gasteiger partial charge in [-0.25, -0.2) is 4.39 Å². The van der Waals surface area contributed by atoms with Crippen LogP contribution in [0, 0.1) is 15.9 Å². The van der Waals surface area contributed by atoms with Crippen molar-refractivity contribution in [3.8, 4) is 0 Å². The minimum Gasteiger partial charge on any atom is -0.292 e. The van der Waals surface area contributed by atoms with E-state index < -0.39 is 34.9 Å². The Morgan fingerprint density at radius 1 is 1.08 bits per heavy atom. The van der Waals surface area contributed by atoms with Crippen LogP contribution in [-0.2, 0) is 0 Å². The van der Waals surface area contributed by atoms with Gasteiger partial charge in [0.1, 0.15) is 5.82 Å². The first-order chi connectivity index (χ1) is 11.4. The van der Waals surface area contributed by atoms with Crippen LogP contribution in [0.3, 0.4) is 0 Å². The SMILES string of the molecule is O=C(CN1C(=O)c2ccc([N+](=O)[O-])cc2C1=O)c1cccc(F)c1. The Balaban J connectivity index is 1.88. The van der Waals surface area contributed by atoms with Crippen LogP contribution in [0.4, 0.5) is 10.1 Å². The number of imide groups is 1. The second-order valence-corrected chi connectivity index (χ2v) is 5.12. The van der Waals surface area contributed by atoms with Crippen LogP contribution in [0.15, 0.2) is 42.5 Å². The first kappa shape index (κ1) is 15.5. The van der Waals surface area contributed by atoms with Gasteiger partial charge < -0.3 is 0 Å². The molecule has 2 amide bonds. The summed E-state index contributed by atoms with van der Waals surface area (Å²) >= 11 is 0. The summed E-state index contributed by atoms with van der Waals surface area (Å²) in [6.45, 7) is -0.566. The van der Waals surface area contributed by atoms with Crippen molar-refractivity contribution in [2.45, 2.75) is 0 Å². The Labute approximate surface area is 134 Å². The van der Waals surface area contributed by atoms with Gasteiger partial charge in [-0.1, -0.05) is 12.1 Å². The molecule has 0 atom stereocenters. The molecule has 8 heteroatoms. The molecule has 0 saturated carbocycles.